The number of amides is 1. The molecule has 0 saturated heterocycles. The van der Waals surface area contributed by atoms with Gasteiger partial charge in [0.25, 0.3) is 5.91 Å². The van der Waals surface area contributed by atoms with Gasteiger partial charge in [-0.2, -0.15) is 18.3 Å². The second-order valence-electron chi connectivity index (χ2n) is 6.32. The van der Waals surface area contributed by atoms with E-state index in [1.165, 1.54) is 25.6 Å². The zero-order chi connectivity index (χ0) is 22.2. The van der Waals surface area contributed by atoms with Gasteiger partial charge < -0.3 is 14.8 Å². The Bertz CT molecular complexity index is 1250. The SMILES string of the molecule is COc1ccc(NC(=O)c2cnn3c(C(F)(F)F)cc(-c4cccs4)nc23)c(OC)c1. The summed E-state index contributed by atoms with van der Waals surface area (Å²) >= 11 is 1.24. The molecule has 31 heavy (non-hydrogen) atoms. The summed E-state index contributed by atoms with van der Waals surface area (Å²) < 4.78 is 51.9. The van der Waals surface area contributed by atoms with Crippen LogP contribution in [0.1, 0.15) is 16.1 Å². The predicted molar refractivity (Wildman–Crippen MR) is 109 cm³/mol. The van der Waals surface area contributed by atoms with Crippen LogP contribution >= 0.6 is 11.3 Å². The van der Waals surface area contributed by atoms with Crippen molar-refractivity contribution >= 4 is 28.6 Å². The summed E-state index contributed by atoms with van der Waals surface area (Å²) in [6, 6.07) is 9.03. The summed E-state index contributed by atoms with van der Waals surface area (Å²) in [7, 11) is 2.91. The monoisotopic (exact) mass is 448 g/mol. The number of nitrogens with one attached hydrogen (secondary N) is 1. The number of fused-ring (bicyclic) bond motifs is 1. The van der Waals surface area contributed by atoms with Crippen LogP contribution in [0.25, 0.3) is 16.2 Å². The molecule has 0 spiro atoms. The highest BCUT2D eigenvalue weighted by molar-refractivity contribution is 7.13. The van der Waals surface area contributed by atoms with Crippen LogP contribution in [0.3, 0.4) is 0 Å². The summed E-state index contributed by atoms with van der Waals surface area (Å²) in [5.74, 6) is 0.165. The minimum absolute atomic E-state index is 0.103. The van der Waals surface area contributed by atoms with Crippen LogP contribution in [0, 0.1) is 0 Å². The highest BCUT2D eigenvalue weighted by atomic mass is 32.1. The number of rotatable bonds is 5. The maximum Gasteiger partial charge on any atom is 0.433 e. The Morgan fingerprint density at radius 2 is 1.97 bits per heavy atom. The number of hydrogen-bond acceptors (Lipinski definition) is 6. The van der Waals surface area contributed by atoms with E-state index in [-0.39, 0.29) is 16.9 Å². The van der Waals surface area contributed by atoms with E-state index in [4.69, 9.17) is 9.47 Å². The highest BCUT2D eigenvalue weighted by Gasteiger charge is 2.36. The molecule has 1 amide bonds. The molecule has 0 bridgehead atoms. The predicted octanol–water partition coefficient (Wildman–Crippen LogP) is 4.75. The normalized spacial score (nSPS) is 11.5. The van der Waals surface area contributed by atoms with Crippen LogP contribution in [0.5, 0.6) is 11.5 Å². The third kappa shape index (κ3) is 3.91. The lowest BCUT2D eigenvalue weighted by atomic mass is 10.2. The zero-order valence-electron chi connectivity index (χ0n) is 16.2. The van der Waals surface area contributed by atoms with Gasteiger partial charge in [-0.1, -0.05) is 6.07 Å². The topological polar surface area (TPSA) is 77.8 Å². The van der Waals surface area contributed by atoms with Crippen molar-refractivity contribution < 1.29 is 27.4 Å². The average molecular weight is 448 g/mol. The third-order valence-corrected chi connectivity index (χ3v) is 5.33. The first-order chi connectivity index (χ1) is 14.8. The van der Waals surface area contributed by atoms with E-state index in [9.17, 15) is 18.0 Å². The molecule has 0 atom stereocenters. The molecular formula is C20H15F3N4O3S. The summed E-state index contributed by atoms with van der Waals surface area (Å²) in [6.45, 7) is 0. The first kappa shape index (κ1) is 20.7. The number of hydrogen-bond donors (Lipinski definition) is 1. The summed E-state index contributed by atoms with van der Waals surface area (Å²) in [5.41, 5.74) is -0.920. The summed E-state index contributed by atoms with van der Waals surface area (Å²) in [5, 5.41) is 8.12. The van der Waals surface area contributed by atoms with E-state index in [2.05, 4.69) is 15.4 Å². The van der Waals surface area contributed by atoms with E-state index in [0.29, 0.717) is 26.6 Å². The van der Waals surface area contributed by atoms with Gasteiger partial charge in [-0.25, -0.2) is 9.50 Å². The van der Waals surface area contributed by atoms with Gasteiger partial charge >= 0.3 is 6.18 Å². The van der Waals surface area contributed by atoms with Gasteiger partial charge in [0.15, 0.2) is 11.3 Å². The molecule has 0 aliphatic rings. The quantitative estimate of drug-likeness (QED) is 0.477. The molecule has 0 fully saturated rings. The van der Waals surface area contributed by atoms with Crippen molar-refractivity contribution in [1.82, 2.24) is 14.6 Å². The molecule has 0 saturated carbocycles. The number of benzene rings is 1. The standard InChI is InChI=1S/C20H15F3N4O3S/c1-29-11-5-6-13(15(8-11)30-2)26-19(28)12-10-24-27-17(20(21,22)23)9-14(25-18(12)27)16-4-3-7-31-16/h3-10H,1-2H3,(H,26,28). The Morgan fingerprint density at radius 3 is 2.61 bits per heavy atom. The number of ether oxygens (including phenoxy) is 2. The van der Waals surface area contributed by atoms with Crippen LogP contribution in [0.2, 0.25) is 0 Å². The second-order valence-corrected chi connectivity index (χ2v) is 7.26. The fourth-order valence-corrected chi connectivity index (χ4v) is 3.65. The number of carbonyl (C=O) groups is 1. The number of halogens is 3. The molecule has 160 valence electrons. The van der Waals surface area contributed by atoms with Crippen LogP contribution in [-0.2, 0) is 6.18 Å². The number of thiophene rings is 1. The molecule has 3 aromatic heterocycles. The van der Waals surface area contributed by atoms with Gasteiger partial charge in [0.2, 0.25) is 0 Å². The molecule has 1 aromatic carbocycles. The maximum atomic E-state index is 13.7. The molecule has 11 heteroatoms. The lowest BCUT2D eigenvalue weighted by Crippen LogP contribution is -2.16. The number of anilines is 1. The molecule has 3 heterocycles. The highest BCUT2D eigenvalue weighted by Crippen LogP contribution is 2.34. The molecule has 1 N–H and O–H groups in total. The molecular weight excluding hydrogens is 433 g/mol. The number of aromatic nitrogens is 3. The van der Waals surface area contributed by atoms with Gasteiger partial charge in [-0.15, -0.1) is 11.3 Å². The Labute approximate surface area is 178 Å². The Balaban J connectivity index is 1.80. The lowest BCUT2D eigenvalue weighted by Gasteiger charge is -2.12. The van der Waals surface area contributed by atoms with Crippen LogP contribution in [0.4, 0.5) is 18.9 Å². The maximum absolute atomic E-state index is 13.7. The number of nitrogens with zero attached hydrogens (tertiary/aromatic N) is 3. The Kier molecular flexibility index (Phi) is 5.27. The Hall–Kier alpha value is -3.60. The van der Waals surface area contributed by atoms with Gasteiger partial charge in [0.05, 0.1) is 36.7 Å². The van der Waals surface area contributed by atoms with Crippen LogP contribution in [0.15, 0.2) is 48.0 Å². The summed E-state index contributed by atoms with van der Waals surface area (Å²) in [4.78, 5) is 17.7. The van der Waals surface area contributed by atoms with Crippen molar-refractivity contribution in [2.24, 2.45) is 0 Å². The minimum Gasteiger partial charge on any atom is -0.497 e. The van der Waals surface area contributed by atoms with E-state index in [1.54, 1.807) is 35.7 Å². The number of methoxy groups -OCH3 is 2. The largest absolute Gasteiger partial charge is 0.497 e. The number of alkyl halides is 3. The summed E-state index contributed by atoms with van der Waals surface area (Å²) in [6.07, 6.45) is -3.63. The molecule has 7 nitrogen and oxygen atoms in total. The molecule has 4 rings (SSSR count). The first-order valence-electron chi connectivity index (χ1n) is 8.85. The van der Waals surface area contributed by atoms with Gasteiger partial charge in [0, 0.05) is 6.07 Å². The van der Waals surface area contributed by atoms with Crippen molar-refractivity contribution in [3.63, 3.8) is 0 Å². The van der Waals surface area contributed by atoms with Crippen LogP contribution < -0.4 is 14.8 Å². The third-order valence-electron chi connectivity index (χ3n) is 4.44. The van der Waals surface area contributed by atoms with Gasteiger partial charge in [-0.05, 0) is 29.6 Å². The van der Waals surface area contributed by atoms with Crippen molar-refractivity contribution in [2.45, 2.75) is 6.18 Å². The van der Waals surface area contributed by atoms with Crippen molar-refractivity contribution in [3.8, 4) is 22.1 Å². The van der Waals surface area contributed by atoms with Crippen molar-refractivity contribution in [3.05, 3.63) is 59.2 Å². The van der Waals surface area contributed by atoms with Crippen LogP contribution in [-0.4, -0.2) is 34.7 Å². The fraction of sp³-hybridized carbons (Fsp3) is 0.150. The van der Waals surface area contributed by atoms with E-state index < -0.39 is 17.8 Å². The van der Waals surface area contributed by atoms with E-state index in [0.717, 1.165) is 12.3 Å². The van der Waals surface area contributed by atoms with Crippen molar-refractivity contribution in [2.75, 3.05) is 19.5 Å². The fourth-order valence-electron chi connectivity index (χ4n) is 2.97. The minimum atomic E-state index is -4.69. The smallest absolute Gasteiger partial charge is 0.433 e. The molecule has 0 radical (unpaired) electrons. The molecule has 0 unspecified atom stereocenters. The Morgan fingerprint density at radius 1 is 1.16 bits per heavy atom. The van der Waals surface area contributed by atoms with Crippen molar-refractivity contribution in [1.29, 1.82) is 0 Å². The first-order valence-corrected chi connectivity index (χ1v) is 9.73. The number of carbonyl (C=O) groups excluding carboxylic acids is 1. The van der Waals surface area contributed by atoms with E-state index >= 15 is 0 Å². The second kappa shape index (κ2) is 7.91. The average Bonchev–Trinajstić information content (AvgIpc) is 3.42. The lowest BCUT2D eigenvalue weighted by molar-refractivity contribution is -0.142. The zero-order valence-corrected chi connectivity index (χ0v) is 17.0. The molecule has 0 aliphatic heterocycles. The van der Waals surface area contributed by atoms with Gasteiger partial charge in [0.1, 0.15) is 17.1 Å². The molecule has 4 aromatic rings. The van der Waals surface area contributed by atoms with Gasteiger partial charge in [-0.3, -0.25) is 4.79 Å². The van der Waals surface area contributed by atoms with E-state index in [1.807, 2.05) is 0 Å². The molecule has 0 aliphatic carbocycles.